The average molecular weight is 297 g/mol. The summed E-state index contributed by atoms with van der Waals surface area (Å²) < 4.78 is 4.66. The highest BCUT2D eigenvalue weighted by Crippen LogP contribution is 2.27. The van der Waals surface area contributed by atoms with Gasteiger partial charge >= 0.3 is 5.97 Å². The first kappa shape index (κ1) is 18.0. The molecule has 0 fully saturated rings. The van der Waals surface area contributed by atoms with Gasteiger partial charge in [0.15, 0.2) is 0 Å². The molecule has 0 spiro atoms. The molecule has 4 heteroatoms. The van der Waals surface area contributed by atoms with Crippen molar-refractivity contribution in [1.82, 2.24) is 0 Å². The van der Waals surface area contributed by atoms with E-state index in [-0.39, 0.29) is 5.38 Å². The molecule has 0 aromatic heterocycles. The van der Waals surface area contributed by atoms with E-state index >= 15 is 0 Å². The zero-order valence-electron chi connectivity index (χ0n) is 11.8. The number of hydrogen-bond donors (Lipinski definition) is 0. The Balaban J connectivity index is 3.70. The van der Waals surface area contributed by atoms with Crippen molar-refractivity contribution in [2.24, 2.45) is 0 Å². The summed E-state index contributed by atoms with van der Waals surface area (Å²) in [7, 11) is 1.35. The summed E-state index contributed by atoms with van der Waals surface area (Å²) in [6.45, 7) is 3.87. The van der Waals surface area contributed by atoms with Crippen molar-refractivity contribution in [3.05, 3.63) is 0 Å². The normalized spacial score (nSPS) is 16.1. The van der Waals surface area contributed by atoms with Gasteiger partial charge in [-0.1, -0.05) is 45.4 Å². The van der Waals surface area contributed by atoms with Crippen molar-refractivity contribution in [2.45, 2.75) is 75.5 Å². The lowest BCUT2D eigenvalue weighted by molar-refractivity contribution is -0.143. The van der Waals surface area contributed by atoms with E-state index in [0.717, 1.165) is 12.8 Å². The quantitative estimate of drug-likeness (QED) is 0.325. The molecule has 0 bridgehead atoms. The number of unbranched alkanes of at least 4 members (excludes halogenated alkanes) is 5. The number of hydrogen-bond acceptors (Lipinski definition) is 2. The number of rotatable bonds is 10. The van der Waals surface area contributed by atoms with Crippen LogP contribution in [-0.2, 0) is 9.53 Å². The van der Waals surface area contributed by atoms with Gasteiger partial charge in [-0.2, -0.15) is 0 Å². The largest absolute Gasteiger partial charge is 0.468 e. The molecule has 0 radical (unpaired) electrons. The molecule has 0 aliphatic carbocycles. The van der Waals surface area contributed by atoms with E-state index in [4.69, 9.17) is 23.2 Å². The van der Waals surface area contributed by atoms with Crippen LogP contribution in [0.1, 0.15) is 65.2 Å². The molecule has 0 N–H and O–H groups in total. The van der Waals surface area contributed by atoms with Crippen LogP contribution in [0.15, 0.2) is 0 Å². The van der Waals surface area contributed by atoms with E-state index in [1.165, 1.54) is 39.2 Å². The third-order valence-electron chi connectivity index (χ3n) is 3.09. The lowest BCUT2D eigenvalue weighted by Crippen LogP contribution is -2.33. The van der Waals surface area contributed by atoms with Crippen LogP contribution in [0.5, 0.6) is 0 Å². The van der Waals surface area contributed by atoms with E-state index in [1.54, 1.807) is 6.92 Å². The molecule has 2 nitrogen and oxygen atoms in total. The van der Waals surface area contributed by atoms with Crippen LogP contribution in [0.4, 0.5) is 0 Å². The molecule has 0 saturated heterocycles. The van der Waals surface area contributed by atoms with Crippen LogP contribution in [0, 0.1) is 0 Å². The zero-order valence-corrected chi connectivity index (χ0v) is 13.3. The molecule has 108 valence electrons. The van der Waals surface area contributed by atoms with Gasteiger partial charge in [-0.05, 0) is 19.8 Å². The summed E-state index contributed by atoms with van der Waals surface area (Å²) in [5.74, 6) is -0.405. The molecular formula is C14H26Cl2O2. The Hall–Kier alpha value is 0.0500. The number of esters is 1. The molecule has 0 saturated carbocycles. The van der Waals surface area contributed by atoms with E-state index < -0.39 is 10.8 Å². The van der Waals surface area contributed by atoms with Crippen molar-refractivity contribution < 1.29 is 9.53 Å². The maximum atomic E-state index is 11.4. The van der Waals surface area contributed by atoms with Gasteiger partial charge in [0.1, 0.15) is 4.87 Å². The minimum atomic E-state index is -0.997. The summed E-state index contributed by atoms with van der Waals surface area (Å²) in [5.41, 5.74) is 0. The Bertz CT molecular complexity index is 230. The SMILES string of the molecule is CCCCCCCCC(Cl)CC(C)(Cl)C(=O)OC. The van der Waals surface area contributed by atoms with Gasteiger partial charge in [0.25, 0.3) is 0 Å². The van der Waals surface area contributed by atoms with Crippen molar-refractivity contribution in [3.63, 3.8) is 0 Å². The molecular weight excluding hydrogens is 271 g/mol. The predicted octanol–water partition coefficient (Wildman–Crippen LogP) is 4.91. The maximum Gasteiger partial charge on any atom is 0.326 e. The van der Waals surface area contributed by atoms with Crippen molar-refractivity contribution in [3.8, 4) is 0 Å². The summed E-state index contributed by atoms with van der Waals surface area (Å²) in [4.78, 5) is 10.4. The Morgan fingerprint density at radius 3 is 2.33 bits per heavy atom. The molecule has 0 aliphatic heterocycles. The molecule has 18 heavy (non-hydrogen) atoms. The lowest BCUT2D eigenvalue weighted by Gasteiger charge is -2.21. The highest BCUT2D eigenvalue weighted by molar-refractivity contribution is 6.34. The van der Waals surface area contributed by atoms with Crippen LogP contribution < -0.4 is 0 Å². The Kier molecular flexibility index (Phi) is 9.94. The van der Waals surface area contributed by atoms with Gasteiger partial charge in [-0.3, -0.25) is 4.79 Å². The minimum Gasteiger partial charge on any atom is -0.468 e. The molecule has 0 aromatic rings. The average Bonchev–Trinajstić information content (AvgIpc) is 2.31. The highest BCUT2D eigenvalue weighted by Gasteiger charge is 2.33. The third kappa shape index (κ3) is 8.20. The fourth-order valence-corrected chi connectivity index (χ4v) is 2.77. The number of carbonyl (C=O) groups excluding carboxylic acids is 1. The highest BCUT2D eigenvalue weighted by atomic mass is 35.5. The van der Waals surface area contributed by atoms with Gasteiger partial charge in [0.05, 0.1) is 7.11 Å². The smallest absolute Gasteiger partial charge is 0.326 e. The van der Waals surface area contributed by atoms with Crippen LogP contribution >= 0.6 is 23.2 Å². The maximum absolute atomic E-state index is 11.4. The fourth-order valence-electron chi connectivity index (χ4n) is 1.96. The van der Waals surface area contributed by atoms with E-state index in [0.29, 0.717) is 6.42 Å². The minimum absolute atomic E-state index is 0.0576. The first-order valence-corrected chi connectivity index (χ1v) is 7.67. The van der Waals surface area contributed by atoms with Gasteiger partial charge in [0.2, 0.25) is 0 Å². The molecule has 0 heterocycles. The molecule has 0 amide bonds. The lowest BCUT2D eigenvalue weighted by atomic mass is 10.0. The fraction of sp³-hybridized carbons (Fsp3) is 0.929. The number of halogens is 2. The number of carbonyl (C=O) groups is 1. The van der Waals surface area contributed by atoms with Gasteiger partial charge in [-0.25, -0.2) is 0 Å². The third-order valence-corrected chi connectivity index (χ3v) is 3.77. The summed E-state index contributed by atoms with van der Waals surface area (Å²) >= 11 is 12.3. The molecule has 0 aromatic carbocycles. The van der Waals surface area contributed by atoms with Crippen LogP contribution in [0.25, 0.3) is 0 Å². The first-order valence-electron chi connectivity index (χ1n) is 6.85. The first-order chi connectivity index (χ1) is 8.44. The standard InChI is InChI=1S/C14H26Cl2O2/c1-4-5-6-7-8-9-10-12(15)11-14(2,16)13(17)18-3/h12H,4-11H2,1-3H3. The van der Waals surface area contributed by atoms with Crippen LogP contribution in [0.2, 0.25) is 0 Å². The Morgan fingerprint density at radius 2 is 1.78 bits per heavy atom. The van der Waals surface area contributed by atoms with Gasteiger partial charge in [-0.15, -0.1) is 23.2 Å². The van der Waals surface area contributed by atoms with Crippen LogP contribution in [0.3, 0.4) is 0 Å². The summed E-state index contributed by atoms with van der Waals surface area (Å²) in [6, 6.07) is 0. The number of methoxy groups -OCH3 is 1. The van der Waals surface area contributed by atoms with Crippen molar-refractivity contribution in [1.29, 1.82) is 0 Å². The van der Waals surface area contributed by atoms with Crippen molar-refractivity contribution in [2.75, 3.05) is 7.11 Å². The number of alkyl halides is 2. The predicted molar refractivity (Wildman–Crippen MR) is 78.5 cm³/mol. The summed E-state index contributed by atoms with van der Waals surface area (Å²) in [6.07, 6.45) is 8.83. The van der Waals surface area contributed by atoms with E-state index in [9.17, 15) is 4.79 Å². The zero-order chi connectivity index (χ0) is 14.0. The molecule has 2 atom stereocenters. The monoisotopic (exact) mass is 296 g/mol. The molecule has 0 rings (SSSR count). The second kappa shape index (κ2) is 9.91. The Morgan fingerprint density at radius 1 is 1.22 bits per heavy atom. The second-order valence-corrected chi connectivity index (χ2v) is 6.50. The molecule has 0 aliphatic rings. The molecule has 2 unspecified atom stereocenters. The second-order valence-electron chi connectivity index (χ2n) is 5.05. The van der Waals surface area contributed by atoms with Gasteiger partial charge in [0, 0.05) is 5.38 Å². The van der Waals surface area contributed by atoms with Crippen LogP contribution in [-0.4, -0.2) is 23.3 Å². The number of ether oxygens (including phenoxy) is 1. The summed E-state index contributed by atoms with van der Waals surface area (Å²) in [5, 5.41) is -0.0576. The topological polar surface area (TPSA) is 26.3 Å². The van der Waals surface area contributed by atoms with Crippen molar-refractivity contribution >= 4 is 29.2 Å². The van der Waals surface area contributed by atoms with E-state index in [2.05, 4.69) is 11.7 Å². The van der Waals surface area contributed by atoms with E-state index in [1.807, 2.05) is 0 Å². The van der Waals surface area contributed by atoms with Gasteiger partial charge < -0.3 is 4.74 Å². The Labute approximate surface area is 121 Å².